The fourth-order valence-corrected chi connectivity index (χ4v) is 3.31. The van der Waals surface area contributed by atoms with Gasteiger partial charge in [-0.1, -0.05) is 60.7 Å². The molecule has 0 aliphatic carbocycles. The van der Waals surface area contributed by atoms with Crippen LogP contribution in [0.3, 0.4) is 0 Å². The summed E-state index contributed by atoms with van der Waals surface area (Å²) in [5.74, 6) is -0.452. The standard InChI is InChI=1S/C17H19NO3S2/c1-3-10-21-15(19)8-9-18-16(20)14(23-17(18)22)11-13-6-4-12(2)5-7-13/h4-7,11H,3,8-10H2,1-2H3/b14-11-. The first kappa shape index (κ1) is 17.7. The number of esters is 1. The quantitative estimate of drug-likeness (QED) is 0.447. The van der Waals surface area contributed by atoms with Gasteiger partial charge in [-0.05, 0) is 25.0 Å². The number of hydrogen-bond donors (Lipinski definition) is 0. The lowest BCUT2D eigenvalue weighted by Gasteiger charge is -2.13. The Morgan fingerprint density at radius 3 is 2.70 bits per heavy atom. The minimum Gasteiger partial charge on any atom is -0.466 e. The Bertz CT molecular complexity index is 638. The topological polar surface area (TPSA) is 46.6 Å². The van der Waals surface area contributed by atoms with Crippen molar-refractivity contribution in [3.05, 3.63) is 40.3 Å². The summed E-state index contributed by atoms with van der Waals surface area (Å²) >= 11 is 6.51. The van der Waals surface area contributed by atoms with Crippen LogP contribution in [0.1, 0.15) is 30.9 Å². The van der Waals surface area contributed by atoms with Gasteiger partial charge in [-0.15, -0.1) is 0 Å². The van der Waals surface area contributed by atoms with E-state index in [0.717, 1.165) is 12.0 Å². The predicted molar refractivity (Wildman–Crippen MR) is 96.9 cm³/mol. The second kappa shape index (κ2) is 8.26. The number of carbonyl (C=O) groups is 2. The van der Waals surface area contributed by atoms with Gasteiger partial charge in [0.2, 0.25) is 0 Å². The van der Waals surface area contributed by atoms with E-state index in [0.29, 0.717) is 15.8 Å². The van der Waals surface area contributed by atoms with E-state index in [1.165, 1.54) is 22.2 Å². The van der Waals surface area contributed by atoms with Gasteiger partial charge < -0.3 is 4.74 Å². The number of rotatable bonds is 6. The van der Waals surface area contributed by atoms with E-state index in [1.54, 1.807) is 0 Å². The average Bonchev–Trinajstić information content (AvgIpc) is 2.79. The Kier molecular flexibility index (Phi) is 6.36. The molecule has 4 nitrogen and oxygen atoms in total. The number of thiocarbonyl (C=S) groups is 1. The number of benzene rings is 1. The molecule has 6 heteroatoms. The van der Waals surface area contributed by atoms with Crippen LogP contribution in [0.25, 0.3) is 6.08 Å². The fourth-order valence-electron chi connectivity index (χ4n) is 2.00. The van der Waals surface area contributed by atoms with Crippen molar-refractivity contribution in [3.8, 4) is 0 Å². The molecule has 122 valence electrons. The lowest BCUT2D eigenvalue weighted by Crippen LogP contribution is -2.30. The van der Waals surface area contributed by atoms with E-state index in [-0.39, 0.29) is 24.8 Å². The molecular weight excluding hydrogens is 330 g/mol. The Balaban J connectivity index is 1.99. The summed E-state index contributed by atoms with van der Waals surface area (Å²) in [4.78, 5) is 26.0. The van der Waals surface area contributed by atoms with E-state index in [9.17, 15) is 9.59 Å². The number of hydrogen-bond acceptors (Lipinski definition) is 5. The minimum absolute atomic E-state index is 0.149. The molecule has 0 N–H and O–H groups in total. The normalized spacial score (nSPS) is 16.3. The zero-order chi connectivity index (χ0) is 16.8. The molecule has 0 bridgehead atoms. The van der Waals surface area contributed by atoms with Gasteiger partial charge in [-0.2, -0.15) is 0 Å². The molecule has 1 heterocycles. The van der Waals surface area contributed by atoms with Crippen molar-refractivity contribution in [2.24, 2.45) is 0 Å². The molecular formula is C17H19NO3S2. The summed E-state index contributed by atoms with van der Waals surface area (Å²) in [5.41, 5.74) is 2.12. The molecule has 1 amide bonds. The van der Waals surface area contributed by atoms with Crippen molar-refractivity contribution in [1.29, 1.82) is 0 Å². The lowest BCUT2D eigenvalue weighted by atomic mass is 10.1. The number of carbonyl (C=O) groups excluding carboxylic acids is 2. The van der Waals surface area contributed by atoms with Gasteiger partial charge in [0.05, 0.1) is 17.9 Å². The number of ether oxygens (including phenoxy) is 1. The van der Waals surface area contributed by atoms with Crippen molar-refractivity contribution in [3.63, 3.8) is 0 Å². The third-order valence-electron chi connectivity index (χ3n) is 3.26. The Morgan fingerprint density at radius 1 is 1.35 bits per heavy atom. The smallest absolute Gasteiger partial charge is 0.307 e. The molecule has 0 saturated carbocycles. The number of thioether (sulfide) groups is 1. The molecule has 1 aromatic carbocycles. The molecule has 1 aromatic rings. The molecule has 0 radical (unpaired) electrons. The molecule has 23 heavy (non-hydrogen) atoms. The molecule has 1 aliphatic rings. The van der Waals surface area contributed by atoms with Crippen molar-refractivity contribution in [1.82, 2.24) is 4.90 Å². The minimum atomic E-state index is -0.302. The van der Waals surface area contributed by atoms with E-state index < -0.39 is 0 Å². The van der Waals surface area contributed by atoms with Gasteiger partial charge in [0.25, 0.3) is 5.91 Å². The summed E-state index contributed by atoms with van der Waals surface area (Å²) in [6.45, 7) is 4.62. The zero-order valence-electron chi connectivity index (χ0n) is 13.2. The monoisotopic (exact) mass is 349 g/mol. The molecule has 0 spiro atoms. The van der Waals surface area contributed by atoms with Crippen LogP contribution < -0.4 is 0 Å². The highest BCUT2D eigenvalue weighted by atomic mass is 32.2. The number of amides is 1. The molecule has 0 unspecified atom stereocenters. The Morgan fingerprint density at radius 2 is 2.04 bits per heavy atom. The van der Waals surface area contributed by atoms with E-state index >= 15 is 0 Å². The predicted octanol–water partition coefficient (Wildman–Crippen LogP) is 3.54. The lowest BCUT2D eigenvalue weighted by molar-refractivity contribution is -0.143. The Hall–Kier alpha value is -1.66. The molecule has 2 rings (SSSR count). The maximum atomic E-state index is 12.4. The van der Waals surface area contributed by atoms with Crippen molar-refractivity contribution >= 4 is 46.3 Å². The van der Waals surface area contributed by atoms with Crippen LogP contribution in [0.2, 0.25) is 0 Å². The van der Waals surface area contributed by atoms with E-state index in [2.05, 4.69) is 0 Å². The van der Waals surface area contributed by atoms with E-state index in [4.69, 9.17) is 17.0 Å². The first-order valence-electron chi connectivity index (χ1n) is 7.49. The van der Waals surface area contributed by atoms with Crippen molar-refractivity contribution < 1.29 is 14.3 Å². The van der Waals surface area contributed by atoms with Crippen LogP contribution in [-0.4, -0.2) is 34.2 Å². The summed E-state index contributed by atoms with van der Waals surface area (Å²) in [6, 6.07) is 7.92. The molecule has 0 atom stereocenters. The maximum Gasteiger partial charge on any atom is 0.307 e. The fraction of sp³-hybridized carbons (Fsp3) is 0.353. The van der Waals surface area contributed by atoms with Crippen LogP contribution in [0.4, 0.5) is 0 Å². The SMILES string of the molecule is CCCOC(=O)CCN1C(=O)/C(=C/c2ccc(C)cc2)SC1=S. The van der Waals surface area contributed by atoms with Crippen molar-refractivity contribution in [2.45, 2.75) is 26.7 Å². The average molecular weight is 349 g/mol. The third kappa shape index (κ3) is 4.91. The van der Waals surface area contributed by atoms with Crippen LogP contribution >= 0.6 is 24.0 Å². The molecule has 1 fully saturated rings. The largest absolute Gasteiger partial charge is 0.466 e. The van der Waals surface area contributed by atoms with E-state index in [1.807, 2.05) is 44.2 Å². The van der Waals surface area contributed by atoms with Gasteiger partial charge in [-0.25, -0.2) is 0 Å². The van der Waals surface area contributed by atoms with Crippen molar-refractivity contribution in [2.75, 3.05) is 13.2 Å². The summed E-state index contributed by atoms with van der Waals surface area (Å²) in [5, 5.41) is 0. The second-order valence-corrected chi connectivity index (χ2v) is 6.89. The zero-order valence-corrected chi connectivity index (χ0v) is 14.8. The summed E-state index contributed by atoms with van der Waals surface area (Å²) in [7, 11) is 0. The second-order valence-electron chi connectivity index (χ2n) is 5.21. The van der Waals surface area contributed by atoms with Gasteiger partial charge in [0, 0.05) is 6.54 Å². The first-order chi connectivity index (χ1) is 11.0. The van der Waals surface area contributed by atoms with Crippen LogP contribution in [-0.2, 0) is 14.3 Å². The first-order valence-corrected chi connectivity index (χ1v) is 8.71. The molecule has 1 saturated heterocycles. The number of aryl methyl sites for hydroxylation is 1. The highest BCUT2D eigenvalue weighted by Crippen LogP contribution is 2.32. The molecule has 0 aromatic heterocycles. The van der Waals surface area contributed by atoms with Crippen LogP contribution in [0.15, 0.2) is 29.2 Å². The van der Waals surface area contributed by atoms with Crippen LogP contribution in [0.5, 0.6) is 0 Å². The third-order valence-corrected chi connectivity index (χ3v) is 4.63. The number of nitrogens with zero attached hydrogens (tertiary/aromatic N) is 1. The highest BCUT2D eigenvalue weighted by molar-refractivity contribution is 8.26. The van der Waals surface area contributed by atoms with Gasteiger partial charge in [-0.3, -0.25) is 14.5 Å². The Labute approximate surface area is 145 Å². The summed E-state index contributed by atoms with van der Waals surface area (Å²) in [6.07, 6.45) is 2.77. The van der Waals surface area contributed by atoms with Crippen LogP contribution in [0, 0.1) is 6.92 Å². The van der Waals surface area contributed by atoms with Gasteiger partial charge in [0.15, 0.2) is 0 Å². The van der Waals surface area contributed by atoms with Gasteiger partial charge >= 0.3 is 5.97 Å². The molecule has 1 aliphatic heterocycles. The summed E-state index contributed by atoms with van der Waals surface area (Å²) < 4.78 is 5.50. The highest BCUT2D eigenvalue weighted by Gasteiger charge is 2.32. The van der Waals surface area contributed by atoms with Gasteiger partial charge in [0.1, 0.15) is 4.32 Å². The maximum absolute atomic E-state index is 12.4.